The molecule has 4 heteroatoms. The second-order valence-electron chi connectivity index (χ2n) is 4.73. The van der Waals surface area contributed by atoms with Crippen LogP contribution in [-0.4, -0.2) is 54.2 Å². The van der Waals surface area contributed by atoms with Gasteiger partial charge in [-0.05, 0) is 38.9 Å². The molecule has 0 radical (unpaired) electrons. The van der Waals surface area contributed by atoms with E-state index in [1.165, 1.54) is 12.8 Å². The molecule has 1 heterocycles. The van der Waals surface area contributed by atoms with E-state index in [1.54, 1.807) is 4.90 Å². The summed E-state index contributed by atoms with van der Waals surface area (Å²) in [7, 11) is 0. The SMILES string of the molecule is CCCN(CCC)CCCN1CC(=O)CC1=O. The Labute approximate surface area is 104 Å². The predicted molar refractivity (Wildman–Crippen MR) is 67.8 cm³/mol. The molecule has 0 atom stereocenters. The first-order valence-corrected chi connectivity index (χ1v) is 6.69. The molecule has 1 saturated heterocycles. The third-order valence-corrected chi connectivity index (χ3v) is 3.05. The van der Waals surface area contributed by atoms with E-state index in [0.717, 1.165) is 32.6 Å². The zero-order valence-electron chi connectivity index (χ0n) is 11.1. The van der Waals surface area contributed by atoms with Gasteiger partial charge < -0.3 is 9.80 Å². The van der Waals surface area contributed by atoms with Gasteiger partial charge in [-0.25, -0.2) is 0 Å². The standard InChI is InChI=1S/C13H24N2O2/c1-3-6-14(7-4-2)8-5-9-15-11-12(16)10-13(15)17/h3-11H2,1-2H3. The van der Waals surface area contributed by atoms with Gasteiger partial charge in [-0.2, -0.15) is 0 Å². The first-order valence-electron chi connectivity index (χ1n) is 6.69. The topological polar surface area (TPSA) is 40.6 Å². The summed E-state index contributed by atoms with van der Waals surface area (Å²) in [5.74, 6) is 0.0708. The Bertz CT molecular complexity index is 260. The Hall–Kier alpha value is -0.900. The molecule has 0 aromatic heterocycles. The number of nitrogens with zero attached hydrogens (tertiary/aromatic N) is 2. The van der Waals surface area contributed by atoms with Crippen molar-refractivity contribution in [1.29, 1.82) is 0 Å². The molecule has 0 aromatic rings. The highest BCUT2D eigenvalue weighted by molar-refractivity contribution is 6.05. The van der Waals surface area contributed by atoms with Crippen LogP contribution in [0.25, 0.3) is 0 Å². The van der Waals surface area contributed by atoms with Crippen molar-refractivity contribution in [2.45, 2.75) is 39.5 Å². The maximum Gasteiger partial charge on any atom is 0.230 e. The van der Waals surface area contributed by atoms with E-state index in [9.17, 15) is 9.59 Å². The van der Waals surface area contributed by atoms with Gasteiger partial charge in [0.2, 0.25) is 5.91 Å². The van der Waals surface area contributed by atoms with Crippen molar-refractivity contribution in [2.24, 2.45) is 0 Å². The molecular formula is C13H24N2O2. The van der Waals surface area contributed by atoms with E-state index in [0.29, 0.717) is 6.54 Å². The summed E-state index contributed by atoms with van der Waals surface area (Å²) in [4.78, 5) is 26.6. The van der Waals surface area contributed by atoms with E-state index >= 15 is 0 Å². The highest BCUT2D eigenvalue weighted by Gasteiger charge is 2.26. The van der Waals surface area contributed by atoms with Crippen molar-refractivity contribution < 1.29 is 9.59 Å². The third kappa shape index (κ3) is 4.86. The van der Waals surface area contributed by atoms with Crippen LogP contribution < -0.4 is 0 Å². The molecule has 0 aliphatic carbocycles. The summed E-state index contributed by atoms with van der Waals surface area (Å²) in [6.45, 7) is 8.71. The summed E-state index contributed by atoms with van der Waals surface area (Å²) < 4.78 is 0. The summed E-state index contributed by atoms with van der Waals surface area (Å²) in [5, 5.41) is 0. The Kier molecular flexibility index (Phi) is 6.19. The lowest BCUT2D eigenvalue weighted by molar-refractivity contribution is -0.127. The van der Waals surface area contributed by atoms with Crippen LogP contribution in [0.5, 0.6) is 0 Å². The molecule has 0 aromatic carbocycles. The maximum absolute atomic E-state index is 11.4. The van der Waals surface area contributed by atoms with Crippen molar-refractivity contribution >= 4 is 11.7 Å². The largest absolute Gasteiger partial charge is 0.335 e. The van der Waals surface area contributed by atoms with Gasteiger partial charge in [-0.3, -0.25) is 9.59 Å². The number of likely N-dealkylation sites (tertiary alicyclic amines) is 1. The highest BCUT2D eigenvalue weighted by Crippen LogP contribution is 2.07. The van der Waals surface area contributed by atoms with Crippen LogP contribution in [0.15, 0.2) is 0 Å². The van der Waals surface area contributed by atoms with Crippen LogP contribution >= 0.6 is 0 Å². The Balaban J connectivity index is 2.21. The van der Waals surface area contributed by atoms with Crippen LogP contribution in [0.3, 0.4) is 0 Å². The second kappa shape index (κ2) is 7.43. The van der Waals surface area contributed by atoms with Gasteiger partial charge in [0.1, 0.15) is 0 Å². The molecule has 0 saturated carbocycles. The van der Waals surface area contributed by atoms with Gasteiger partial charge in [-0.15, -0.1) is 0 Å². The normalized spacial score (nSPS) is 16.3. The number of hydrogen-bond donors (Lipinski definition) is 0. The number of ketones is 1. The van der Waals surface area contributed by atoms with Gasteiger partial charge in [0.15, 0.2) is 5.78 Å². The maximum atomic E-state index is 11.4. The first kappa shape index (κ1) is 14.2. The summed E-state index contributed by atoms with van der Waals surface area (Å²) >= 11 is 0. The second-order valence-corrected chi connectivity index (χ2v) is 4.73. The highest BCUT2D eigenvalue weighted by atomic mass is 16.2. The lowest BCUT2D eigenvalue weighted by Gasteiger charge is -2.22. The molecule has 0 unspecified atom stereocenters. The van der Waals surface area contributed by atoms with Crippen LogP contribution in [0.1, 0.15) is 39.5 Å². The Morgan fingerprint density at radius 2 is 1.76 bits per heavy atom. The first-order chi connectivity index (χ1) is 8.17. The van der Waals surface area contributed by atoms with E-state index < -0.39 is 0 Å². The Morgan fingerprint density at radius 3 is 2.24 bits per heavy atom. The molecular weight excluding hydrogens is 216 g/mol. The molecule has 0 N–H and O–H groups in total. The molecule has 0 bridgehead atoms. The van der Waals surface area contributed by atoms with Crippen molar-refractivity contribution in [3.8, 4) is 0 Å². The minimum Gasteiger partial charge on any atom is -0.335 e. The molecule has 1 amide bonds. The average Bonchev–Trinajstić information content (AvgIpc) is 2.58. The minimum absolute atomic E-state index is 0.00698. The van der Waals surface area contributed by atoms with Gasteiger partial charge >= 0.3 is 0 Å². The van der Waals surface area contributed by atoms with E-state index in [1.807, 2.05) is 0 Å². The molecule has 98 valence electrons. The van der Waals surface area contributed by atoms with Crippen molar-refractivity contribution in [3.63, 3.8) is 0 Å². The van der Waals surface area contributed by atoms with Crippen LogP contribution in [-0.2, 0) is 9.59 Å². The predicted octanol–water partition coefficient (Wildman–Crippen LogP) is 1.30. The van der Waals surface area contributed by atoms with E-state index in [-0.39, 0.29) is 18.1 Å². The number of rotatable bonds is 8. The monoisotopic (exact) mass is 240 g/mol. The summed E-state index contributed by atoms with van der Waals surface area (Å²) in [5.41, 5.74) is 0. The molecule has 0 spiro atoms. The molecule has 1 aliphatic heterocycles. The summed E-state index contributed by atoms with van der Waals surface area (Å²) in [6, 6.07) is 0. The van der Waals surface area contributed by atoms with Crippen molar-refractivity contribution in [3.05, 3.63) is 0 Å². The van der Waals surface area contributed by atoms with Crippen molar-refractivity contribution in [2.75, 3.05) is 32.7 Å². The lowest BCUT2D eigenvalue weighted by Crippen LogP contribution is -2.32. The number of Topliss-reactive ketones (excluding diaryl/α,β-unsaturated/α-hetero) is 1. The Morgan fingerprint density at radius 1 is 1.12 bits per heavy atom. The average molecular weight is 240 g/mol. The van der Waals surface area contributed by atoms with Crippen LogP contribution in [0.4, 0.5) is 0 Å². The number of carbonyl (C=O) groups is 2. The quantitative estimate of drug-likeness (QED) is 0.600. The fourth-order valence-corrected chi connectivity index (χ4v) is 2.29. The fraction of sp³-hybridized carbons (Fsp3) is 0.846. The zero-order valence-corrected chi connectivity index (χ0v) is 11.1. The van der Waals surface area contributed by atoms with Crippen LogP contribution in [0, 0.1) is 0 Å². The van der Waals surface area contributed by atoms with Gasteiger partial charge in [0.25, 0.3) is 0 Å². The smallest absolute Gasteiger partial charge is 0.230 e. The summed E-state index contributed by atoms with van der Waals surface area (Å²) in [6.07, 6.45) is 3.43. The molecule has 17 heavy (non-hydrogen) atoms. The fourth-order valence-electron chi connectivity index (χ4n) is 2.29. The minimum atomic E-state index is 0.00698. The molecule has 1 rings (SSSR count). The molecule has 4 nitrogen and oxygen atoms in total. The van der Waals surface area contributed by atoms with E-state index in [4.69, 9.17) is 0 Å². The van der Waals surface area contributed by atoms with Gasteiger partial charge in [0.05, 0.1) is 13.0 Å². The zero-order chi connectivity index (χ0) is 12.7. The molecule has 1 aliphatic rings. The van der Waals surface area contributed by atoms with Crippen molar-refractivity contribution in [1.82, 2.24) is 9.80 Å². The lowest BCUT2D eigenvalue weighted by atomic mass is 10.3. The third-order valence-electron chi connectivity index (χ3n) is 3.05. The number of amides is 1. The number of hydrogen-bond acceptors (Lipinski definition) is 3. The molecule has 1 fully saturated rings. The van der Waals surface area contributed by atoms with E-state index in [2.05, 4.69) is 18.7 Å². The van der Waals surface area contributed by atoms with Crippen LogP contribution in [0.2, 0.25) is 0 Å². The van der Waals surface area contributed by atoms with Gasteiger partial charge in [0, 0.05) is 6.54 Å². The number of carbonyl (C=O) groups excluding carboxylic acids is 2. The van der Waals surface area contributed by atoms with Gasteiger partial charge in [-0.1, -0.05) is 13.8 Å².